The van der Waals surface area contributed by atoms with Crippen LogP contribution in [0.5, 0.6) is 17.2 Å². The van der Waals surface area contributed by atoms with E-state index in [-0.39, 0.29) is 5.78 Å². The Morgan fingerprint density at radius 1 is 0.706 bits per heavy atom. The van der Waals surface area contributed by atoms with Crippen LogP contribution in [0.2, 0.25) is 0 Å². The lowest BCUT2D eigenvalue weighted by atomic mass is 10.1. The van der Waals surface area contributed by atoms with Gasteiger partial charge in [0.15, 0.2) is 5.78 Å². The Labute approximate surface area is 206 Å². The van der Waals surface area contributed by atoms with Gasteiger partial charge in [-0.2, -0.15) is 0 Å². The molecule has 0 fully saturated rings. The van der Waals surface area contributed by atoms with Crippen molar-refractivity contribution in [2.24, 2.45) is 0 Å². The van der Waals surface area contributed by atoms with Crippen molar-refractivity contribution in [1.82, 2.24) is 0 Å². The summed E-state index contributed by atoms with van der Waals surface area (Å²) in [6.45, 7) is 8.49. The molecule has 0 aliphatic heterocycles. The zero-order valence-electron chi connectivity index (χ0n) is 21.3. The predicted molar refractivity (Wildman–Crippen MR) is 141 cm³/mol. The molecule has 0 aliphatic carbocycles. The van der Waals surface area contributed by atoms with E-state index in [1.165, 1.54) is 0 Å². The van der Waals surface area contributed by atoms with Gasteiger partial charge in [-0.1, -0.05) is 71.4 Å². The molecule has 0 saturated carbocycles. The summed E-state index contributed by atoms with van der Waals surface area (Å²) in [5, 5.41) is 0. The maximum atomic E-state index is 13.0. The molecule has 4 nitrogen and oxygen atoms in total. The number of unbranched alkanes of at least 4 members (excludes halogenated alkanes) is 6. The van der Waals surface area contributed by atoms with Crippen molar-refractivity contribution in [3.63, 3.8) is 0 Å². The van der Waals surface area contributed by atoms with E-state index in [1.807, 2.05) is 48.5 Å². The normalized spacial score (nSPS) is 11.0. The average Bonchev–Trinajstić information content (AvgIpc) is 2.86. The van der Waals surface area contributed by atoms with Crippen LogP contribution in [0.1, 0.15) is 94.5 Å². The van der Waals surface area contributed by atoms with Crippen LogP contribution in [-0.4, -0.2) is 25.6 Å². The van der Waals surface area contributed by atoms with Gasteiger partial charge in [0.25, 0.3) is 0 Å². The molecule has 0 radical (unpaired) electrons. The van der Waals surface area contributed by atoms with Crippen LogP contribution in [0.4, 0.5) is 0 Å². The molecule has 0 saturated heterocycles. The molecule has 0 aromatic heterocycles. The molecule has 0 heterocycles. The molecule has 2 rings (SSSR count). The van der Waals surface area contributed by atoms with E-state index in [0.717, 1.165) is 74.8 Å². The Hall–Kier alpha value is -2.75. The van der Waals surface area contributed by atoms with Crippen molar-refractivity contribution in [2.45, 2.75) is 78.6 Å². The van der Waals surface area contributed by atoms with Gasteiger partial charge in [0, 0.05) is 5.56 Å². The molecule has 0 amide bonds. The molecule has 34 heavy (non-hydrogen) atoms. The Balaban J connectivity index is 2.14. The lowest BCUT2D eigenvalue weighted by Gasteiger charge is -2.12. The fraction of sp³-hybridized carbons (Fsp3) is 0.500. The Morgan fingerprint density at radius 2 is 1.29 bits per heavy atom. The van der Waals surface area contributed by atoms with E-state index in [4.69, 9.17) is 14.2 Å². The molecule has 0 unspecified atom stereocenters. The molecule has 0 atom stereocenters. The first-order valence-electron chi connectivity index (χ1n) is 13.0. The minimum absolute atomic E-state index is 0.0858. The number of carbonyl (C=O) groups excluding carboxylic acids is 1. The maximum Gasteiger partial charge on any atom is 0.189 e. The SMILES string of the molecule is CCCCCOc1ccc(OCCCCC)c(/C=C/C(=O)c2ccccc2OCCCCC)c1. The van der Waals surface area contributed by atoms with Gasteiger partial charge >= 0.3 is 0 Å². The largest absolute Gasteiger partial charge is 0.494 e. The summed E-state index contributed by atoms with van der Waals surface area (Å²) < 4.78 is 17.9. The number of rotatable bonds is 18. The van der Waals surface area contributed by atoms with Crippen molar-refractivity contribution < 1.29 is 19.0 Å². The Bertz CT molecular complexity index is 872. The molecule has 0 spiro atoms. The van der Waals surface area contributed by atoms with Crippen LogP contribution in [0.15, 0.2) is 48.5 Å². The topological polar surface area (TPSA) is 44.8 Å². The number of hydrogen-bond acceptors (Lipinski definition) is 4. The summed E-state index contributed by atoms with van der Waals surface area (Å²) in [5.74, 6) is 2.11. The van der Waals surface area contributed by atoms with Gasteiger partial charge < -0.3 is 14.2 Å². The number of carbonyl (C=O) groups is 1. The minimum atomic E-state index is -0.0858. The van der Waals surface area contributed by atoms with E-state index < -0.39 is 0 Å². The van der Waals surface area contributed by atoms with E-state index in [0.29, 0.717) is 31.1 Å². The highest BCUT2D eigenvalue weighted by molar-refractivity contribution is 6.08. The highest BCUT2D eigenvalue weighted by Crippen LogP contribution is 2.27. The van der Waals surface area contributed by atoms with Crippen LogP contribution in [0.25, 0.3) is 6.08 Å². The second kappa shape index (κ2) is 16.8. The van der Waals surface area contributed by atoms with Crippen LogP contribution in [0.3, 0.4) is 0 Å². The van der Waals surface area contributed by atoms with Gasteiger partial charge in [0.1, 0.15) is 17.2 Å². The smallest absolute Gasteiger partial charge is 0.189 e. The van der Waals surface area contributed by atoms with Crippen molar-refractivity contribution in [2.75, 3.05) is 19.8 Å². The maximum absolute atomic E-state index is 13.0. The lowest BCUT2D eigenvalue weighted by Crippen LogP contribution is -2.04. The first-order valence-corrected chi connectivity index (χ1v) is 13.0. The zero-order valence-corrected chi connectivity index (χ0v) is 21.3. The molecular weight excluding hydrogens is 424 g/mol. The fourth-order valence-corrected chi connectivity index (χ4v) is 3.54. The van der Waals surface area contributed by atoms with Crippen LogP contribution in [-0.2, 0) is 0 Å². The van der Waals surface area contributed by atoms with Crippen LogP contribution >= 0.6 is 0 Å². The zero-order chi connectivity index (χ0) is 24.4. The molecule has 0 bridgehead atoms. The fourth-order valence-electron chi connectivity index (χ4n) is 3.54. The Morgan fingerprint density at radius 3 is 1.94 bits per heavy atom. The molecule has 2 aromatic rings. The van der Waals surface area contributed by atoms with Crippen LogP contribution < -0.4 is 14.2 Å². The van der Waals surface area contributed by atoms with Gasteiger partial charge in [0.2, 0.25) is 0 Å². The van der Waals surface area contributed by atoms with Crippen molar-refractivity contribution in [3.05, 3.63) is 59.7 Å². The average molecular weight is 467 g/mol. The number of allylic oxidation sites excluding steroid dienone is 1. The Kier molecular flexibility index (Phi) is 13.6. The summed E-state index contributed by atoms with van der Waals surface area (Å²) in [7, 11) is 0. The number of hydrogen-bond donors (Lipinski definition) is 0. The molecule has 2 aromatic carbocycles. The second-order valence-electron chi connectivity index (χ2n) is 8.56. The first-order chi connectivity index (χ1) is 16.7. The number of benzene rings is 2. The van der Waals surface area contributed by atoms with Gasteiger partial charge in [-0.15, -0.1) is 0 Å². The molecule has 186 valence electrons. The third kappa shape index (κ3) is 10.0. The highest BCUT2D eigenvalue weighted by atomic mass is 16.5. The first kappa shape index (κ1) is 27.5. The van der Waals surface area contributed by atoms with Crippen LogP contribution in [0, 0.1) is 0 Å². The van der Waals surface area contributed by atoms with Gasteiger partial charge in [-0.05, 0) is 61.7 Å². The van der Waals surface area contributed by atoms with Crippen molar-refractivity contribution in [3.8, 4) is 17.2 Å². The van der Waals surface area contributed by atoms with Crippen molar-refractivity contribution >= 4 is 11.9 Å². The number of ether oxygens (including phenoxy) is 3. The summed E-state index contributed by atoms with van der Waals surface area (Å²) >= 11 is 0. The highest BCUT2D eigenvalue weighted by Gasteiger charge is 2.11. The number of para-hydroxylation sites is 1. The summed E-state index contributed by atoms with van der Waals surface area (Å²) in [6.07, 6.45) is 13.3. The molecule has 0 N–H and O–H groups in total. The van der Waals surface area contributed by atoms with Gasteiger partial charge in [0.05, 0.1) is 25.4 Å². The summed E-state index contributed by atoms with van der Waals surface area (Å²) in [6, 6.07) is 13.3. The van der Waals surface area contributed by atoms with E-state index in [1.54, 1.807) is 6.08 Å². The van der Waals surface area contributed by atoms with E-state index >= 15 is 0 Å². The standard InChI is InChI=1S/C30H42O4/c1-4-7-12-21-32-26-18-20-29(33-22-13-8-5-2)25(24-26)17-19-28(31)27-15-10-11-16-30(27)34-23-14-9-6-3/h10-11,15-20,24H,4-9,12-14,21-23H2,1-3H3/b19-17+. The lowest BCUT2D eigenvalue weighted by molar-refractivity contribution is 0.104. The summed E-state index contributed by atoms with van der Waals surface area (Å²) in [5.41, 5.74) is 1.42. The third-order valence-electron chi connectivity index (χ3n) is 5.58. The monoisotopic (exact) mass is 466 g/mol. The minimum Gasteiger partial charge on any atom is -0.494 e. The molecule has 0 aliphatic rings. The van der Waals surface area contributed by atoms with E-state index in [9.17, 15) is 4.79 Å². The summed E-state index contributed by atoms with van der Waals surface area (Å²) in [4.78, 5) is 13.0. The molecule has 4 heteroatoms. The predicted octanol–water partition coefficient (Wildman–Crippen LogP) is 8.29. The quantitative estimate of drug-likeness (QED) is 0.126. The number of ketones is 1. The van der Waals surface area contributed by atoms with Gasteiger partial charge in [-0.25, -0.2) is 0 Å². The van der Waals surface area contributed by atoms with Gasteiger partial charge in [-0.3, -0.25) is 4.79 Å². The molecular formula is C30H42O4. The van der Waals surface area contributed by atoms with Crippen molar-refractivity contribution in [1.29, 1.82) is 0 Å². The third-order valence-corrected chi connectivity index (χ3v) is 5.58. The second-order valence-corrected chi connectivity index (χ2v) is 8.56. The van der Waals surface area contributed by atoms with E-state index in [2.05, 4.69) is 20.8 Å².